The average Bonchev–Trinajstić information content (AvgIpc) is 3.86. The van der Waals surface area contributed by atoms with E-state index in [4.69, 9.17) is 22.0 Å². The highest BCUT2D eigenvalue weighted by molar-refractivity contribution is 7.99. The summed E-state index contributed by atoms with van der Waals surface area (Å²) in [4.78, 5) is 35.7. The van der Waals surface area contributed by atoms with Crippen molar-refractivity contribution < 1.29 is 14.3 Å². The van der Waals surface area contributed by atoms with Gasteiger partial charge < -0.3 is 42.0 Å². The first kappa shape index (κ1) is 44.3. The Hall–Kier alpha value is -5.23. The number of rotatable bonds is 23. The Morgan fingerprint density at radius 2 is 1.68 bits per heavy atom. The highest BCUT2D eigenvalue weighted by Gasteiger charge is 2.18. The molecule has 16 heteroatoms. The number of nitrogens with one attached hydrogen (secondary N) is 4. The van der Waals surface area contributed by atoms with E-state index in [0.717, 1.165) is 36.4 Å². The van der Waals surface area contributed by atoms with Crippen molar-refractivity contribution in [1.29, 1.82) is 0 Å². The second-order valence-corrected chi connectivity index (χ2v) is 16.3. The predicted molar refractivity (Wildman–Crippen MR) is 247 cm³/mol. The average molecular weight is 852 g/mol. The van der Waals surface area contributed by atoms with Gasteiger partial charge >= 0.3 is 0 Å². The molecule has 0 atom stereocenters. The largest absolute Gasteiger partial charge is 0.393 e. The van der Waals surface area contributed by atoms with Crippen LogP contribution in [0.1, 0.15) is 53.7 Å². The fourth-order valence-electron chi connectivity index (χ4n) is 6.94. The first-order valence-electron chi connectivity index (χ1n) is 20.5. The van der Waals surface area contributed by atoms with Crippen LogP contribution < -0.4 is 43.6 Å². The van der Waals surface area contributed by atoms with Gasteiger partial charge in [0.25, 0.3) is 5.91 Å². The number of thiophene rings is 1. The number of fused-ring (bicyclic) bond motifs is 3. The number of hydrazine groups is 1. The van der Waals surface area contributed by atoms with Crippen molar-refractivity contribution in [3.05, 3.63) is 94.4 Å². The lowest BCUT2D eigenvalue weighted by molar-refractivity contribution is -0.121. The summed E-state index contributed by atoms with van der Waals surface area (Å²) in [5.74, 6) is 7.98. The highest BCUT2D eigenvalue weighted by Crippen LogP contribution is 2.35. The summed E-state index contributed by atoms with van der Waals surface area (Å²) in [7, 11) is 1.97. The molecule has 0 aliphatic carbocycles. The van der Waals surface area contributed by atoms with Crippen molar-refractivity contribution in [3.63, 3.8) is 0 Å². The first-order chi connectivity index (χ1) is 29.2. The molecule has 3 heterocycles. The molecule has 0 aliphatic rings. The molecule has 14 nitrogen and oxygen atoms in total. The summed E-state index contributed by atoms with van der Waals surface area (Å²) in [6.45, 7) is 8.69. The number of nitrogen functional groups attached to an aromatic ring is 1. The van der Waals surface area contributed by atoms with Gasteiger partial charge in [-0.15, -0.1) is 11.3 Å². The van der Waals surface area contributed by atoms with Gasteiger partial charge in [-0.05, 0) is 90.8 Å². The van der Waals surface area contributed by atoms with E-state index in [2.05, 4.69) is 97.5 Å². The van der Waals surface area contributed by atoms with Crippen LogP contribution in [0.15, 0.2) is 77.3 Å². The number of aromatic nitrogens is 3. The lowest BCUT2D eigenvalue weighted by Gasteiger charge is -2.21. The van der Waals surface area contributed by atoms with Crippen LogP contribution >= 0.6 is 23.1 Å². The number of anilines is 3. The zero-order valence-corrected chi connectivity index (χ0v) is 36.3. The van der Waals surface area contributed by atoms with Crippen molar-refractivity contribution in [2.24, 2.45) is 11.6 Å². The Kier molecular flexibility index (Phi) is 16.1. The number of aryl methyl sites for hydroxylation is 2. The SMILES string of the molecule is CCCSc1nc(NCCN)c(N)c(N(N)Cc2ccc(C(=O)NCCOCCNC(=O)CCc3csc(-c4ccc5c6cc(CNC)ccc6n(CC)c5c4)c3)cc2)n1. The fraction of sp³-hybridized carbons (Fsp3) is 0.364. The van der Waals surface area contributed by atoms with Crippen LogP contribution in [0.3, 0.4) is 0 Å². The van der Waals surface area contributed by atoms with Gasteiger partial charge in [-0.25, -0.2) is 15.8 Å². The second-order valence-electron chi connectivity index (χ2n) is 14.4. The van der Waals surface area contributed by atoms with Crippen LogP contribution in [-0.2, 0) is 35.6 Å². The van der Waals surface area contributed by atoms with Crippen molar-refractivity contribution in [2.75, 3.05) is 68.3 Å². The number of nitrogens with two attached hydrogens (primary N) is 3. The summed E-state index contributed by atoms with van der Waals surface area (Å²) in [5.41, 5.74) is 19.9. The maximum atomic E-state index is 12.8. The highest BCUT2D eigenvalue weighted by atomic mass is 32.2. The molecule has 0 fully saturated rings. The third kappa shape index (κ3) is 11.3. The standard InChI is InChI=1S/C44H57N11O3S2/c1-4-22-59-44-52-41(50-17-16-45)40(46)42(53-44)55(47)27-29-6-10-32(11-7-29)43(57)51-19-21-58-20-18-49-39(56)15-9-31-24-38(60-28-31)33-12-13-34-35-23-30(26-48-3)8-14-36(35)54(5-2)37(34)25-33/h6-8,10-14,23-25,28,48H,4-5,9,15-22,26-27,45-47H2,1-3H3,(H,49,56)(H,51,57)(H,50,52,53). The van der Waals surface area contributed by atoms with Crippen molar-refractivity contribution in [1.82, 2.24) is 30.5 Å². The third-order valence-electron chi connectivity index (χ3n) is 9.93. The van der Waals surface area contributed by atoms with Crippen LogP contribution in [-0.4, -0.2) is 78.5 Å². The van der Waals surface area contributed by atoms with Gasteiger partial charge in [0.05, 0.1) is 19.8 Å². The lowest BCUT2D eigenvalue weighted by Crippen LogP contribution is -2.32. The first-order valence-corrected chi connectivity index (χ1v) is 22.3. The predicted octanol–water partition coefficient (Wildman–Crippen LogP) is 5.88. The molecule has 0 unspecified atom stereocenters. The summed E-state index contributed by atoms with van der Waals surface area (Å²) in [6.07, 6.45) is 2.03. The third-order valence-corrected chi connectivity index (χ3v) is 12.0. The Morgan fingerprint density at radius 3 is 2.43 bits per heavy atom. The van der Waals surface area contributed by atoms with Gasteiger partial charge in [0.15, 0.2) is 16.8 Å². The van der Waals surface area contributed by atoms with E-state index < -0.39 is 0 Å². The van der Waals surface area contributed by atoms with Crippen LogP contribution in [0, 0.1) is 0 Å². The van der Waals surface area contributed by atoms with E-state index in [0.29, 0.717) is 86.8 Å². The molecule has 0 aliphatic heterocycles. The molecule has 3 aromatic carbocycles. The molecule has 10 N–H and O–H groups in total. The molecule has 6 aromatic rings. The zero-order valence-electron chi connectivity index (χ0n) is 34.7. The van der Waals surface area contributed by atoms with E-state index in [1.54, 1.807) is 23.5 Å². The number of carbonyl (C=O) groups is 2. The fourth-order valence-corrected chi connectivity index (χ4v) is 8.58. The minimum atomic E-state index is -0.212. The van der Waals surface area contributed by atoms with E-state index >= 15 is 0 Å². The van der Waals surface area contributed by atoms with Gasteiger partial charge in [-0.3, -0.25) is 14.6 Å². The number of carbonyl (C=O) groups excluding carboxylic acids is 2. The quantitative estimate of drug-likeness (QED) is 0.0133. The van der Waals surface area contributed by atoms with Gasteiger partial charge in [0.1, 0.15) is 5.69 Å². The number of nitrogens with zero attached hydrogens (tertiary/aromatic N) is 4. The van der Waals surface area contributed by atoms with Crippen LogP contribution in [0.2, 0.25) is 0 Å². The van der Waals surface area contributed by atoms with Gasteiger partial charge in [0, 0.05) is 83.7 Å². The maximum Gasteiger partial charge on any atom is 0.251 e. The molecule has 60 heavy (non-hydrogen) atoms. The number of hydrogen-bond acceptors (Lipinski definition) is 13. The minimum Gasteiger partial charge on any atom is -0.393 e. The van der Waals surface area contributed by atoms with Gasteiger partial charge in [-0.1, -0.05) is 49.0 Å². The topological polar surface area (TPSA) is 204 Å². The molecular weight excluding hydrogens is 795 g/mol. The van der Waals surface area contributed by atoms with E-state index in [1.807, 2.05) is 19.2 Å². The van der Waals surface area contributed by atoms with Crippen molar-refractivity contribution in [2.45, 2.75) is 57.9 Å². The Balaban J connectivity index is 0.890. The van der Waals surface area contributed by atoms with Crippen molar-refractivity contribution >= 4 is 74.0 Å². The van der Waals surface area contributed by atoms with Crippen LogP contribution in [0.4, 0.5) is 17.3 Å². The molecule has 318 valence electrons. The molecular formula is C44H57N11O3S2. The van der Waals surface area contributed by atoms with E-state index in [-0.39, 0.29) is 11.8 Å². The normalized spacial score (nSPS) is 11.3. The Bertz CT molecular complexity index is 2360. The lowest BCUT2D eigenvalue weighted by atomic mass is 10.1. The zero-order chi connectivity index (χ0) is 42.4. The van der Waals surface area contributed by atoms with Crippen LogP contribution in [0.5, 0.6) is 0 Å². The molecule has 2 amide bonds. The molecule has 6 rings (SSSR count). The molecule has 0 bridgehead atoms. The molecule has 0 radical (unpaired) electrons. The number of amides is 2. The molecule has 0 saturated heterocycles. The summed E-state index contributed by atoms with van der Waals surface area (Å²) in [5, 5.41) is 19.0. The molecule has 0 saturated carbocycles. The molecule has 3 aromatic heterocycles. The maximum absolute atomic E-state index is 12.8. The van der Waals surface area contributed by atoms with E-state index in [1.165, 1.54) is 54.6 Å². The van der Waals surface area contributed by atoms with Gasteiger partial charge in [-0.2, -0.15) is 0 Å². The summed E-state index contributed by atoms with van der Waals surface area (Å²) in [6, 6.07) is 22.8. The Labute approximate surface area is 360 Å². The second kappa shape index (κ2) is 21.9. The summed E-state index contributed by atoms with van der Waals surface area (Å²) >= 11 is 3.24. The number of hydrogen-bond donors (Lipinski definition) is 7. The molecule has 0 spiro atoms. The summed E-state index contributed by atoms with van der Waals surface area (Å²) < 4.78 is 8.04. The van der Waals surface area contributed by atoms with Crippen LogP contribution in [0.25, 0.3) is 32.2 Å². The smallest absolute Gasteiger partial charge is 0.251 e. The van der Waals surface area contributed by atoms with Gasteiger partial charge in [0.2, 0.25) is 5.91 Å². The Morgan fingerprint density at radius 1 is 0.900 bits per heavy atom. The number of ether oxygens (including phenoxy) is 1. The number of benzene rings is 3. The monoisotopic (exact) mass is 851 g/mol. The van der Waals surface area contributed by atoms with Crippen molar-refractivity contribution in [3.8, 4) is 10.4 Å². The minimum absolute atomic E-state index is 0.0205. The number of thioether (sulfide) groups is 1. The van der Waals surface area contributed by atoms with E-state index in [9.17, 15) is 9.59 Å².